The molecular formula is C26H27FN2O3. The molecule has 1 heterocycles. The van der Waals surface area contributed by atoms with E-state index in [9.17, 15) is 4.79 Å². The molecule has 3 aromatic carbocycles. The molecule has 1 saturated heterocycles. The van der Waals surface area contributed by atoms with Crippen LogP contribution >= 0.6 is 0 Å². The molecule has 166 valence electrons. The number of hydrogen-bond donors (Lipinski definition) is 2. The van der Waals surface area contributed by atoms with E-state index in [1.54, 1.807) is 37.3 Å². The molecule has 3 N–H and O–H groups in total. The summed E-state index contributed by atoms with van der Waals surface area (Å²) in [4.78, 5) is 13.4. The molecule has 0 aliphatic carbocycles. The summed E-state index contributed by atoms with van der Waals surface area (Å²) in [5.74, 6) is -0.675. The number of hydrogen-bond acceptors (Lipinski definition) is 4. The Morgan fingerprint density at radius 2 is 1.94 bits per heavy atom. The number of carbonyl (C=O) groups is 1. The maximum Gasteiger partial charge on any atom is 0.307 e. The fourth-order valence-electron chi connectivity index (χ4n) is 3.91. The number of para-hydroxylation sites is 1. The summed E-state index contributed by atoms with van der Waals surface area (Å²) in [5, 5.41) is 9.15. The van der Waals surface area contributed by atoms with Crippen LogP contribution in [0.3, 0.4) is 0 Å². The van der Waals surface area contributed by atoms with Crippen molar-refractivity contribution in [3.8, 4) is 16.9 Å². The number of nitrogens with zero attached hydrogens (tertiary/aromatic N) is 1. The Kier molecular flexibility index (Phi) is 6.42. The number of carboxylic acid groups (broad SMARTS) is 1. The van der Waals surface area contributed by atoms with E-state index in [1.807, 2.05) is 24.3 Å². The SMILES string of the molecule is CC(N)c1cccc(-c2cc(COc3ccccc3CC(=O)O)cc(N3CCC3)c2)c1F. The smallest absolute Gasteiger partial charge is 0.307 e. The van der Waals surface area contributed by atoms with Crippen molar-refractivity contribution in [1.29, 1.82) is 0 Å². The van der Waals surface area contributed by atoms with E-state index in [2.05, 4.69) is 11.0 Å². The van der Waals surface area contributed by atoms with Crippen LogP contribution in [0.4, 0.5) is 10.1 Å². The monoisotopic (exact) mass is 434 g/mol. The normalized spacial score (nSPS) is 14.0. The van der Waals surface area contributed by atoms with Gasteiger partial charge in [0.15, 0.2) is 0 Å². The number of benzene rings is 3. The van der Waals surface area contributed by atoms with Gasteiger partial charge in [0.1, 0.15) is 18.2 Å². The molecule has 0 saturated carbocycles. The number of rotatable bonds is 8. The van der Waals surface area contributed by atoms with Gasteiger partial charge in [0, 0.05) is 41.5 Å². The highest BCUT2D eigenvalue weighted by Gasteiger charge is 2.19. The fraction of sp³-hybridized carbons (Fsp3) is 0.269. The minimum atomic E-state index is -0.910. The quantitative estimate of drug-likeness (QED) is 0.526. The van der Waals surface area contributed by atoms with Crippen LogP contribution in [-0.4, -0.2) is 24.2 Å². The molecule has 1 aliphatic rings. The molecule has 5 nitrogen and oxygen atoms in total. The van der Waals surface area contributed by atoms with E-state index in [4.69, 9.17) is 15.6 Å². The second-order valence-corrected chi connectivity index (χ2v) is 8.19. The van der Waals surface area contributed by atoms with Gasteiger partial charge in [-0.1, -0.05) is 36.4 Å². The van der Waals surface area contributed by atoms with Gasteiger partial charge in [-0.3, -0.25) is 4.79 Å². The van der Waals surface area contributed by atoms with Crippen molar-refractivity contribution in [1.82, 2.24) is 0 Å². The van der Waals surface area contributed by atoms with E-state index < -0.39 is 12.0 Å². The molecule has 0 amide bonds. The van der Waals surface area contributed by atoms with Crippen LogP contribution < -0.4 is 15.4 Å². The van der Waals surface area contributed by atoms with Crippen LogP contribution in [0.25, 0.3) is 11.1 Å². The van der Waals surface area contributed by atoms with Crippen LogP contribution in [0.1, 0.15) is 36.1 Å². The standard InChI is InChI=1S/C26H27FN2O3/c1-17(28)22-7-4-8-23(26(22)27)20-12-18(13-21(14-20)29-10-5-11-29)16-32-24-9-3-2-6-19(24)15-25(30)31/h2-4,6-9,12-14,17H,5,10-11,15-16,28H2,1H3,(H,30,31). The van der Waals surface area contributed by atoms with Crippen molar-refractivity contribution in [3.63, 3.8) is 0 Å². The third-order valence-electron chi connectivity index (χ3n) is 5.74. The fourth-order valence-corrected chi connectivity index (χ4v) is 3.91. The molecule has 6 heteroatoms. The first kappa shape index (κ1) is 21.8. The minimum Gasteiger partial charge on any atom is -0.489 e. The van der Waals surface area contributed by atoms with E-state index in [0.29, 0.717) is 22.4 Å². The van der Waals surface area contributed by atoms with Gasteiger partial charge in [0.05, 0.1) is 6.42 Å². The lowest BCUT2D eigenvalue weighted by molar-refractivity contribution is -0.136. The average Bonchev–Trinajstić information content (AvgIpc) is 2.71. The molecular weight excluding hydrogens is 407 g/mol. The van der Waals surface area contributed by atoms with Crippen LogP contribution in [0.5, 0.6) is 5.75 Å². The molecule has 1 fully saturated rings. The molecule has 3 aromatic rings. The Bertz CT molecular complexity index is 1130. The Hall–Kier alpha value is -3.38. The van der Waals surface area contributed by atoms with E-state index >= 15 is 4.39 Å². The third-order valence-corrected chi connectivity index (χ3v) is 5.74. The van der Waals surface area contributed by atoms with Gasteiger partial charge in [-0.25, -0.2) is 4.39 Å². The Balaban J connectivity index is 1.67. The minimum absolute atomic E-state index is 0.107. The maximum atomic E-state index is 15.2. The second kappa shape index (κ2) is 9.40. The predicted molar refractivity (Wildman–Crippen MR) is 123 cm³/mol. The Morgan fingerprint density at radius 1 is 1.16 bits per heavy atom. The van der Waals surface area contributed by atoms with E-state index in [-0.39, 0.29) is 18.8 Å². The molecule has 0 spiro atoms. The molecule has 1 unspecified atom stereocenters. The van der Waals surface area contributed by atoms with Gasteiger partial charge >= 0.3 is 5.97 Å². The molecule has 32 heavy (non-hydrogen) atoms. The summed E-state index contributed by atoms with van der Waals surface area (Å²) in [5.41, 5.74) is 10.2. The van der Waals surface area contributed by atoms with Gasteiger partial charge in [0.2, 0.25) is 0 Å². The molecule has 4 rings (SSSR count). The topological polar surface area (TPSA) is 75.8 Å². The molecule has 0 bridgehead atoms. The van der Waals surface area contributed by atoms with E-state index in [0.717, 1.165) is 36.3 Å². The largest absolute Gasteiger partial charge is 0.489 e. The third kappa shape index (κ3) is 4.75. The summed E-state index contributed by atoms with van der Waals surface area (Å²) < 4.78 is 21.2. The van der Waals surface area contributed by atoms with Crippen molar-refractivity contribution in [2.75, 3.05) is 18.0 Å². The summed E-state index contributed by atoms with van der Waals surface area (Å²) in [6.45, 7) is 3.95. The average molecular weight is 435 g/mol. The van der Waals surface area contributed by atoms with Gasteiger partial charge in [0.25, 0.3) is 0 Å². The maximum absolute atomic E-state index is 15.2. The zero-order chi connectivity index (χ0) is 22.7. The summed E-state index contributed by atoms with van der Waals surface area (Å²) in [6, 6.07) is 18.0. The van der Waals surface area contributed by atoms with E-state index in [1.165, 1.54) is 0 Å². The van der Waals surface area contributed by atoms with Crippen molar-refractivity contribution in [2.45, 2.75) is 32.4 Å². The Morgan fingerprint density at radius 3 is 2.62 bits per heavy atom. The predicted octanol–water partition coefficient (Wildman–Crippen LogP) is 4.93. The number of halogens is 1. The van der Waals surface area contributed by atoms with Gasteiger partial charge in [-0.15, -0.1) is 0 Å². The number of aliphatic carboxylic acids is 1. The lowest BCUT2D eigenvalue weighted by Gasteiger charge is -2.34. The van der Waals surface area contributed by atoms with Crippen LogP contribution in [0, 0.1) is 5.82 Å². The van der Waals surface area contributed by atoms with Crippen molar-refractivity contribution in [2.24, 2.45) is 5.73 Å². The van der Waals surface area contributed by atoms with Gasteiger partial charge in [-0.2, -0.15) is 0 Å². The molecule has 1 atom stereocenters. The number of nitrogens with two attached hydrogens (primary N) is 1. The first-order valence-corrected chi connectivity index (χ1v) is 10.8. The molecule has 0 radical (unpaired) electrons. The first-order valence-electron chi connectivity index (χ1n) is 10.8. The van der Waals surface area contributed by atoms with Crippen LogP contribution in [0.15, 0.2) is 60.7 Å². The number of carboxylic acids is 1. The van der Waals surface area contributed by atoms with Gasteiger partial charge in [-0.05, 0) is 48.7 Å². The lowest BCUT2D eigenvalue weighted by atomic mass is 9.96. The molecule has 0 aromatic heterocycles. The summed E-state index contributed by atoms with van der Waals surface area (Å²) in [6.07, 6.45) is 1.03. The van der Waals surface area contributed by atoms with Crippen molar-refractivity contribution in [3.05, 3.63) is 83.2 Å². The van der Waals surface area contributed by atoms with Crippen LogP contribution in [0.2, 0.25) is 0 Å². The Labute approximate surface area is 187 Å². The second-order valence-electron chi connectivity index (χ2n) is 8.19. The zero-order valence-electron chi connectivity index (χ0n) is 18.1. The lowest BCUT2D eigenvalue weighted by Crippen LogP contribution is -2.37. The number of anilines is 1. The van der Waals surface area contributed by atoms with Gasteiger partial charge < -0.3 is 20.5 Å². The zero-order valence-corrected chi connectivity index (χ0v) is 18.1. The van der Waals surface area contributed by atoms with Crippen LogP contribution in [-0.2, 0) is 17.8 Å². The molecule has 1 aliphatic heterocycles. The highest BCUT2D eigenvalue weighted by Crippen LogP contribution is 2.33. The highest BCUT2D eigenvalue weighted by molar-refractivity contribution is 5.72. The first-order chi connectivity index (χ1) is 15.4. The number of ether oxygens (including phenoxy) is 1. The highest BCUT2D eigenvalue weighted by atomic mass is 19.1. The summed E-state index contributed by atoms with van der Waals surface area (Å²) in [7, 11) is 0. The summed E-state index contributed by atoms with van der Waals surface area (Å²) >= 11 is 0. The van der Waals surface area contributed by atoms with Crippen molar-refractivity contribution >= 4 is 11.7 Å². The van der Waals surface area contributed by atoms with Crippen molar-refractivity contribution < 1.29 is 19.0 Å².